The van der Waals surface area contributed by atoms with Crippen molar-refractivity contribution in [2.75, 3.05) is 0 Å². The molecule has 0 bridgehead atoms. The average molecular weight is 287 g/mol. The number of hydrogen-bond acceptors (Lipinski definition) is 0. The van der Waals surface area contributed by atoms with Crippen LogP contribution in [-0.4, -0.2) is 0 Å². The summed E-state index contributed by atoms with van der Waals surface area (Å²) >= 11 is 1.82. The Balaban J connectivity index is -0.000000234. The summed E-state index contributed by atoms with van der Waals surface area (Å²) in [6.07, 6.45) is 13.4. The van der Waals surface area contributed by atoms with E-state index in [0.717, 1.165) is 12.8 Å². The summed E-state index contributed by atoms with van der Waals surface area (Å²) in [6.45, 7) is 0. The van der Waals surface area contributed by atoms with E-state index in [1.807, 2.05) is 17.3 Å². The van der Waals surface area contributed by atoms with Crippen molar-refractivity contribution in [3.05, 3.63) is 44.9 Å². The van der Waals surface area contributed by atoms with Gasteiger partial charge >= 0.3 is 27.0 Å². The van der Waals surface area contributed by atoms with E-state index in [1.54, 1.807) is 0 Å². The monoisotopic (exact) mass is 287 g/mol. The van der Waals surface area contributed by atoms with Gasteiger partial charge in [-0.05, 0) is 37.8 Å². The predicted octanol–water partition coefficient (Wildman–Crippen LogP) is 4.42. The van der Waals surface area contributed by atoms with Crippen LogP contribution < -0.4 is 0 Å². The summed E-state index contributed by atoms with van der Waals surface area (Å²) in [5.74, 6) is 0. The van der Waals surface area contributed by atoms with Crippen molar-refractivity contribution >= 4 is 9.69 Å². The second kappa shape index (κ2) is 18.1. The van der Waals surface area contributed by atoms with E-state index in [9.17, 15) is 0 Å². The first-order valence-corrected chi connectivity index (χ1v) is 5.92. The zero-order valence-corrected chi connectivity index (χ0v) is 10.9. The molecule has 1 rings (SSSR count). The summed E-state index contributed by atoms with van der Waals surface area (Å²) in [7, 11) is 4.57. The molecule has 1 aliphatic rings. The molecule has 0 amide bonds. The van der Waals surface area contributed by atoms with E-state index < -0.39 is 0 Å². The average Bonchev–Trinajstić information content (AvgIpc) is 2.22. The molecule has 0 atom stereocenters. The molecule has 0 spiro atoms. The molecule has 0 aliphatic heterocycles. The van der Waals surface area contributed by atoms with Gasteiger partial charge in [-0.15, -0.1) is 5.73 Å². The Morgan fingerprint density at radius 2 is 1.23 bits per heavy atom. The fourth-order valence-corrected chi connectivity index (χ4v) is 0.845. The van der Waals surface area contributed by atoms with Gasteiger partial charge in [-0.3, -0.25) is 0 Å². The van der Waals surface area contributed by atoms with Crippen molar-refractivity contribution in [1.82, 2.24) is 0 Å². The van der Waals surface area contributed by atoms with Gasteiger partial charge in [-0.25, -0.2) is 0 Å². The van der Waals surface area contributed by atoms with E-state index in [0.29, 0.717) is 0 Å². The van der Waals surface area contributed by atoms with Crippen LogP contribution in [0.2, 0.25) is 0 Å². The van der Waals surface area contributed by atoms with Gasteiger partial charge in [-0.2, -0.15) is 0 Å². The van der Waals surface area contributed by atoms with Crippen LogP contribution in [0.1, 0.15) is 25.7 Å². The molecule has 2 heteroatoms. The number of halogens is 1. The van der Waals surface area contributed by atoms with E-state index in [-0.39, 0.29) is 14.9 Å². The molecule has 0 saturated heterocycles. The van der Waals surface area contributed by atoms with E-state index in [1.165, 1.54) is 12.8 Å². The van der Waals surface area contributed by atoms with Crippen LogP contribution in [0, 0.1) is 14.9 Å². The van der Waals surface area contributed by atoms with Gasteiger partial charge < -0.3 is 14.9 Å². The minimum atomic E-state index is 0. The second-order valence-electron chi connectivity index (χ2n) is 2.20. The number of allylic oxidation sites excluding steroid dienone is 3. The molecule has 13 heavy (non-hydrogen) atoms. The van der Waals surface area contributed by atoms with E-state index >= 15 is 0 Å². The third-order valence-corrected chi connectivity index (χ3v) is 1.36. The Labute approximate surface area is 97.5 Å². The Bertz CT molecular complexity index is 141. The third-order valence-electron chi connectivity index (χ3n) is 1.36. The van der Waals surface area contributed by atoms with Crippen LogP contribution in [0.15, 0.2) is 30.0 Å². The minimum absolute atomic E-state index is 0. The Morgan fingerprint density at radius 1 is 0.846 bits per heavy atom. The van der Waals surface area contributed by atoms with Gasteiger partial charge in [0.05, 0.1) is 0 Å². The summed E-state index contributed by atoms with van der Waals surface area (Å²) in [5, 5.41) is 0. The van der Waals surface area contributed by atoms with Crippen LogP contribution in [0.4, 0.5) is 0 Å². The standard InChI is InChI=1S/C9H12.2CH3.ClH.Ru/c1-2-4-6-8-9-7-5-3-1;;;;/h1-2,7-8H,3-6H2;2*1H3;1H;/q;2*-1;;+3/p-1/b2-1-;;;;. The van der Waals surface area contributed by atoms with Gasteiger partial charge in [0.15, 0.2) is 0 Å². The first-order chi connectivity index (χ1) is 5.50. The van der Waals surface area contributed by atoms with Crippen LogP contribution in [0.5, 0.6) is 0 Å². The summed E-state index contributed by atoms with van der Waals surface area (Å²) in [5.41, 5.74) is 3.14. The number of hydrogen-bond donors (Lipinski definition) is 0. The second-order valence-corrected chi connectivity index (χ2v) is 2.20. The van der Waals surface area contributed by atoms with Gasteiger partial charge in [0.1, 0.15) is 0 Å². The van der Waals surface area contributed by atoms with Crippen LogP contribution in [0.3, 0.4) is 0 Å². The van der Waals surface area contributed by atoms with Crippen molar-refractivity contribution in [1.29, 1.82) is 0 Å². The molecular weight excluding hydrogens is 269 g/mol. The normalized spacial score (nSPS) is 15.8. The van der Waals surface area contributed by atoms with Crippen molar-refractivity contribution in [3.63, 3.8) is 0 Å². The molecule has 0 aromatic rings. The quantitative estimate of drug-likeness (QED) is 0.268. The zero-order chi connectivity index (χ0) is 8.36. The molecule has 0 unspecified atom stereocenters. The van der Waals surface area contributed by atoms with Gasteiger partial charge in [0, 0.05) is 0 Å². The van der Waals surface area contributed by atoms with Gasteiger partial charge in [0.25, 0.3) is 0 Å². The van der Waals surface area contributed by atoms with E-state index in [4.69, 9.17) is 0 Å². The van der Waals surface area contributed by atoms with Gasteiger partial charge in [0.2, 0.25) is 0 Å². The summed E-state index contributed by atoms with van der Waals surface area (Å²) in [6, 6.07) is 0. The topological polar surface area (TPSA) is 0 Å². The Morgan fingerprint density at radius 3 is 1.62 bits per heavy atom. The zero-order valence-electron chi connectivity index (χ0n) is 8.37. The SMILES string of the molecule is C1=CCC/C=C\CCC=1.[CH3-].[CH3-].[Cl][Ru+2]. The van der Waals surface area contributed by atoms with Crippen molar-refractivity contribution in [2.24, 2.45) is 0 Å². The molecule has 0 aromatic carbocycles. The molecule has 0 nitrogen and oxygen atoms in total. The van der Waals surface area contributed by atoms with Crippen LogP contribution in [0.25, 0.3) is 0 Å². The van der Waals surface area contributed by atoms with Crippen LogP contribution >= 0.6 is 9.69 Å². The molecule has 0 fully saturated rings. The molecular formula is C11H18ClRu. The predicted molar refractivity (Wildman–Crippen MR) is 58.9 cm³/mol. The first-order valence-electron chi connectivity index (χ1n) is 3.68. The Hall–Kier alpha value is 0.173. The fourth-order valence-electron chi connectivity index (χ4n) is 0.845. The molecule has 77 valence electrons. The first kappa shape index (κ1) is 18.9. The molecule has 0 saturated carbocycles. The van der Waals surface area contributed by atoms with Crippen molar-refractivity contribution in [3.8, 4) is 0 Å². The molecule has 0 aromatic heterocycles. The van der Waals surface area contributed by atoms with E-state index in [2.05, 4.69) is 39.7 Å². The summed E-state index contributed by atoms with van der Waals surface area (Å²) < 4.78 is 0. The molecule has 0 radical (unpaired) electrons. The van der Waals surface area contributed by atoms with Crippen LogP contribution in [-0.2, 0) is 17.3 Å². The maximum absolute atomic E-state index is 4.57. The third kappa shape index (κ3) is 15.0. The Kier molecular flexibility index (Phi) is 26.2. The number of rotatable bonds is 0. The molecule has 1 aliphatic carbocycles. The summed E-state index contributed by atoms with van der Waals surface area (Å²) in [4.78, 5) is 0. The van der Waals surface area contributed by atoms with Crippen molar-refractivity contribution in [2.45, 2.75) is 25.7 Å². The maximum atomic E-state index is 4.57. The fraction of sp³-hybridized carbons (Fsp3) is 0.364. The van der Waals surface area contributed by atoms with Gasteiger partial charge in [-0.1, -0.05) is 12.2 Å². The molecule has 0 N–H and O–H groups in total. The molecule has 0 heterocycles. The van der Waals surface area contributed by atoms with Crippen molar-refractivity contribution < 1.29 is 17.3 Å².